The number of allylic oxidation sites excluding steroid dienone is 1. The maximum Gasteiger partial charge on any atom is 0.159 e. The summed E-state index contributed by atoms with van der Waals surface area (Å²) in [7, 11) is 2.17. The van der Waals surface area contributed by atoms with Gasteiger partial charge in [-0.1, -0.05) is 26.5 Å². The molecule has 188 valence electrons. The van der Waals surface area contributed by atoms with Gasteiger partial charge in [0.1, 0.15) is 11.2 Å². The summed E-state index contributed by atoms with van der Waals surface area (Å²) >= 11 is 0. The smallest absolute Gasteiger partial charge is 0.159 e. The van der Waals surface area contributed by atoms with Crippen LogP contribution in [-0.4, -0.2) is 68.3 Å². The van der Waals surface area contributed by atoms with Crippen LogP contribution in [0.3, 0.4) is 0 Å². The summed E-state index contributed by atoms with van der Waals surface area (Å²) in [5.74, 6) is 1.06. The van der Waals surface area contributed by atoms with Gasteiger partial charge in [0.25, 0.3) is 0 Å². The highest BCUT2D eigenvalue weighted by atomic mass is 15.3. The summed E-state index contributed by atoms with van der Waals surface area (Å²) in [6, 6.07) is 10.4. The van der Waals surface area contributed by atoms with Crippen molar-refractivity contribution < 1.29 is 0 Å². The lowest BCUT2D eigenvalue weighted by Gasteiger charge is -2.34. The maximum atomic E-state index is 5.02. The van der Waals surface area contributed by atoms with Crippen molar-refractivity contribution in [1.29, 1.82) is 0 Å². The second kappa shape index (κ2) is 9.33. The van der Waals surface area contributed by atoms with Crippen molar-refractivity contribution in [3.05, 3.63) is 61.2 Å². The fourth-order valence-corrected chi connectivity index (χ4v) is 4.66. The van der Waals surface area contributed by atoms with E-state index in [2.05, 4.69) is 85.9 Å². The lowest BCUT2D eigenvalue weighted by Crippen LogP contribution is -2.44. The van der Waals surface area contributed by atoms with Gasteiger partial charge in [-0.2, -0.15) is 5.10 Å². The molecule has 9 heteroatoms. The van der Waals surface area contributed by atoms with Crippen LogP contribution in [-0.2, 0) is 0 Å². The number of hydrogen-bond acceptors (Lipinski definition) is 7. The van der Waals surface area contributed by atoms with Gasteiger partial charge in [0.05, 0.1) is 40.5 Å². The minimum Gasteiger partial charge on any atom is -0.367 e. The molecule has 1 fully saturated rings. The number of fused-ring (bicyclic) bond motifs is 2. The maximum absolute atomic E-state index is 5.02. The lowest BCUT2D eigenvalue weighted by atomic mass is 10.1. The first-order chi connectivity index (χ1) is 18.0. The Morgan fingerprint density at radius 2 is 1.89 bits per heavy atom. The van der Waals surface area contributed by atoms with Crippen molar-refractivity contribution in [3.63, 3.8) is 0 Å². The number of aromatic nitrogens is 6. The van der Waals surface area contributed by atoms with Gasteiger partial charge >= 0.3 is 0 Å². The average Bonchev–Trinajstić information content (AvgIpc) is 3.53. The molecule has 6 rings (SSSR count). The van der Waals surface area contributed by atoms with Crippen molar-refractivity contribution in [2.24, 2.45) is 5.92 Å². The molecule has 9 nitrogen and oxygen atoms in total. The number of likely N-dealkylation sites (N-methyl/N-ethyl adjacent to an activating group) is 1. The van der Waals surface area contributed by atoms with Crippen molar-refractivity contribution in [2.75, 3.05) is 43.4 Å². The molecule has 0 spiro atoms. The summed E-state index contributed by atoms with van der Waals surface area (Å²) in [5, 5.41) is 12.0. The molecule has 0 bridgehead atoms. The highest BCUT2D eigenvalue weighted by Crippen LogP contribution is 2.32. The van der Waals surface area contributed by atoms with Gasteiger partial charge in [-0.25, -0.2) is 4.98 Å². The SMILES string of the molecule is C=C(Nc1cncc(-c2cc3c(-c4nc5c(N6CCN(C)CC6)cccc5[nH]4)n[nH]c3cn2)c1)C(C)C. The van der Waals surface area contributed by atoms with Crippen LogP contribution < -0.4 is 10.2 Å². The molecule has 4 aromatic heterocycles. The summed E-state index contributed by atoms with van der Waals surface area (Å²) in [4.78, 5) is 22.4. The quantitative estimate of drug-likeness (QED) is 0.309. The van der Waals surface area contributed by atoms with E-state index in [1.807, 2.05) is 24.5 Å². The zero-order valence-corrected chi connectivity index (χ0v) is 21.4. The second-order valence-electron chi connectivity index (χ2n) is 10.0. The van der Waals surface area contributed by atoms with Gasteiger partial charge in [-0.05, 0) is 37.2 Å². The third-order valence-corrected chi connectivity index (χ3v) is 7.04. The molecule has 37 heavy (non-hydrogen) atoms. The van der Waals surface area contributed by atoms with Crippen LogP contribution >= 0.6 is 0 Å². The third kappa shape index (κ3) is 4.42. The van der Waals surface area contributed by atoms with Crippen LogP contribution in [0.5, 0.6) is 0 Å². The molecule has 1 saturated heterocycles. The van der Waals surface area contributed by atoms with E-state index in [-0.39, 0.29) is 0 Å². The first-order valence-electron chi connectivity index (χ1n) is 12.6. The third-order valence-electron chi connectivity index (χ3n) is 7.04. The fourth-order valence-electron chi connectivity index (χ4n) is 4.66. The Morgan fingerprint density at radius 3 is 2.70 bits per heavy atom. The van der Waals surface area contributed by atoms with Crippen LogP contribution in [0.25, 0.3) is 44.7 Å². The molecule has 5 heterocycles. The second-order valence-corrected chi connectivity index (χ2v) is 10.0. The van der Waals surface area contributed by atoms with E-state index in [0.717, 1.165) is 88.0 Å². The van der Waals surface area contributed by atoms with Gasteiger partial charge in [-0.3, -0.25) is 15.1 Å². The van der Waals surface area contributed by atoms with E-state index in [4.69, 9.17) is 4.98 Å². The number of rotatable bonds is 6. The van der Waals surface area contributed by atoms with Gasteiger partial charge in [0.15, 0.2) is 5.82 Å². The molecule has 1 aliphatic rings. The Kier molecular flexibility index (Phi) is 5.84. The molecular formula is C28H31N9. The summed E-state index contributed by atoms with van der Waals surface area (Å²) in [5.41, 5.74) is 8.33. The number of para-hydroxylation sites is 1. The van der Waals surface area contributed by atoms with E-state index in [1.54, 1.807) is 6.20 Å². The lowest BCUT2D eigenvalue weighted by molar-refractivity contribution is 0.313. The van der Waals surface area contributed by atoms with E-state index in [9.17, 15) is 0 Å². The van der Waals surface area contributed by atoms with Gasteiger partial charge < -0.3 is 20.1 Å². The molecule has 1 aromatic carbocycles. The molecule has 0 amide bonds. The molecular weight excluding hydrogens is 462 g/mol. The number of pyridine rings is 2. The van der Waals surface area contributed by atoms with Crippen molar-refractivity contribution >= 4 is 33.3 Å². The number of hydrogen-bond donors (Lipinski definition) is 3. The molecule has 0 saturated carbocycles. The number of nitrogens with zero attached hydrogens (tertiary/aromatic N) is 6. The van der Waals surface area contributed by atoms with Crippen molar-refractivity contribution in [2.45, 2.75) is 13.8 Å². The molecule has 0 radical (unpaired) electrons. The van der Waals surface area contributed by atoms with Crippen LogP contribution in [0.1, 0.15) is 13.8 Å². The molecule has 3 N–H and O–H groups in total. The predicted octanol–water partition coefficient (Wildman–Crippen LogP) is 4.90. The Balaban J connectivity index is 1.36. The number of piperazine rings is 1. The average molecular weight is 494 g/mol. The van der Waals surface area contributed by atoms with Gasteiger partial charge in [0, 0.05) is 49.0 Å². The normalized spacial score (nSPS) is 14.6. The molecule has 0 unspecified atom stereocenters. The first kappa shape index (κ1) is 23.2. The Morgan fingerprint density at radius 1 is 1.05 bits per heavy atom. The summed E-state index contributed by atoms with van der Waals surface area (Å²) < 4.78 is 0. The van der Waals surface area contributed by atoms with Crippen molar-refractivity contribution in [3.8, 4) is 22.8 Å². The van der Waals surface area contributed by atoms with Crippen LogP contribution in [0.15, 0.2) is 61.2 Å². The fraction of sp³-hybridized carbons (Fsp3) is 0.286. The standard InChI is InChI=1S/C28H31N9/c1-17(2)18(3)31-20-12-19(14-29-15-20)23-13-21-24(16-30-23)34-35-26(21)28-32-22-6-5-7-25(27(22)33-28)37-10-8-36(4)9-11-37/h5-7,12-17,31H,3,8-11H2,1-2,4H3,(H,32,33)(H,34,35). The number of imidazole rings is 1. The van der Waals surface area contributed by atoms with E-state index in [0.29, 0.717) is 5.92 Å². The van der Waals surface area contributed by atoms with Crippen LogP contribution in [0.2, 0.25) is 0 Å². The number of benzene rings is 1. The number of aromatic amines is 2. The predicted molar refractivity (Wildman–Crippen MR) is 150 cm³/mol. The zero-order chi connectivity index (χ0) is 25.5. The number of H-pyrrole nitrogens is 2. The molecule has 5 aromatic rings. The van der Waals surface area contributed by atoms with Crippen LogP contribution in [0.4, 0.5) is 11.4 Å². The summed E-state index contributed by atoms with van der Waals surface area (Å²) in [6.45, 7) is 12.4. The van der Waals surface area contributed by atoms with Gasteiger partial charge in [0.2, 0.25) is 0 Å². The van der Waals surface area contributed by atoms with E-state index < -0.39 is 0 Å². The highest BCUT2D eigenvalue weighted by Gasteiger charge is 2.20. The topological polar surface area (TPSA) is 102 Å². The highest BCUT2D eigenvalue weighted by molar-refractivity contribution is 5.96. The Labute approximate surface area is 215 Å². The first-order valence-corrected chi connectivity index (χ1v) is 12.6. The summed E-state index contributed by atoms with van der Waals surface area (Å²) in [6.07, 6.45) is 5.43. The van der Waals surface area contributed by atoms with Gasteiger partial charge in [-0.15, -0.1) is 0 Å². The Bertz CT molecular complexity index is 1590. The minimum absolute atomic E-state index is 0.326. The number of nitrogens with one attached hydrogen (secondary N) is 3. The minimum atomic E-state index is 0.326. The molecule has 0 atom stereocenters. The van der Waals surface area contributed by atoms with E-state index in [1.165, 1.54) is 0 Å². The largest absolute Gasteiger partial charge is 0.367 e. The van der Waals surface area contributed by atoms with Crippen LogP contribution in [0, 0.1) is 5.92 Å². The Hall–Kier alpha value is -4.24. The monoisotopic (exact) mass is 493 g/mol. The van der Waals surface area contributed by atoms with E-state index >= 15 is 0 Å². The molecule has 0 aliphatic carbocycles. The molecule has 1 aliphatic heterocycles. The van der Waals surface area contributed by atoms with Crippen molar-refractivity contribution in [1.82, 2.24) is 35.0 Å². The zero-order valence-electron chi connectivity index (χ0n) is 21.4. The number of anilines is 2.